The monoisotopic (exact) mass is 395 g/mol. The number of hydrogen-bond donors (Lipinski definition) is 1. The molecule has 1 aliphatic carbocycles. The van der Waals surface area contributed by atoms with Crippen LogP contribution in [0.2, 0.25) is 0 Å². The van der Waals surface area contributed by atoms with Gasteiger partial charge in [0.2, 0.25) is 11.8 Å². The Morgan fingerprint density at radius 2 is 2.00 bits per heavy atom. The SMILES string of the molecule is C#C[C@@H](Oc1cc(CNC(=O)C2(C)CC(C(F)(F)F)C2)ncn1)C(F)(F)F. The third kappa shape index (κ3) is 5.02. The minimum absolute atomic E-state index is 0.113. The van der Waals surface area contributed by atoms with Gasteiger partial charge >= 0.3 is 12.4 Å². The molecule has 2 rings (SSSR count). The van der Waals surface area contributed by atoms with Crippen LogP contribution in [0.1, 0.15) is 25.5 Å². The van der Waals surface area contributed by atoms with Gasteiger partial charge in [-0.2, -0.15) is 26.3 Å². The van der Waals surface area contributed by atoms with Gasteiger partial charge in [-0.15, -0.1) is 6.42 Å². The van der Waals surface area contributed by atoms with E-state index in [1.54, 1.807) is 0 Å². The van der Waals surface area contributed by atoms with Gasteiger partial charge in [0.25, 0.3) is 6.10 Å². The number of nitrogens with zero attached hydrogens (tertiary/aromatic N) is 2. The van der Waals surface area contributed by atoms with Gasteiger partial charge in [0.15, 0.2) is 0 Å². The predicted octanol–water partition coefficient (Wildman–Crippen LogP) is 3.01. The maximum atomic E-state index is 12.6. The summed E-state index contributed by atoms with van der Waals surface area (Å²) in [5, 5.41) is 2.42. The minimum atomic E-state index is -4.79. The zero-order chi connectivity index (χ0) is 20.5. The highest BCUT2D eigenvalue weighted by Crippen LogP contribution is 2.52. The maximum Gasteiger partial charge on any atom is 0.437 e. The van der Waals surface area contributed by atoms with Gasteiger partial charge in [-0.1, -0.05) is 12.8 Å². The van der Waals surface area contributed by atoms with Crippen molar-refractivity contribution in [3.63, 3.8) is 0 Å². The van der Waals surface area contributed by atoms with E-state index in [9.17, 15) is 31.1 Å². The Balaban J connectivity index is 1.94. The zero-order valence-electron chi connectivity index (χ0n) is 14.0. The molecule has 148 valence electrons. The fourth-order valence-corrected chi connectivity index (χ4v) is 2.68. The number of halogens is 6. The van der Waals surface area contributed by atoms with Crippen molar-refractivity contribution in [3.05, 3.63) is 18.1 Å². The minimum Gasteiger partial charge on any atom is -0.451 e. The molecule has 0 aromatic carbocycles. The molecule has 1 fully saturated rings. The molecule has 1 amide bonds. The van der Waals surface area contributed by atoms with Gasteiger partial charge in [-0.25, -0.2) is 9.97 Å². The number of nitrogens with one attached hydrogen (secondary N) is 1. The Morgan fingerprint density at radius 1 is 1.37 bits per heavy atom. The Labute approximate surface area is 150 Å². The number of alkyl halides is 6. The van der Waals surface area contributed by atoms with Crippen LogP contribution in [0, 0.1) is 23.7 Å². The van der Waals surface area contributed by atoms with Crippen molar-refractivity contribution in [1.29, 1.82) is 0 Å². The molecule has 5 nitrogen and oxygen atoms in total. The summed E-state index contributed by atoms with van der Waals surface area (Å²) in [5.74, 6) is -1.12. The average molecular weight is 395 g/mol. The quantitative estimate of drug-likeness (QED) is 0.615. The fourth-order valence-electron chi connectivity index (χ4n) is 2.68. The fraction of sp³-hybridized carbons (Fsp3) is 0.562. The molecule has 27 heavy (non-hydrogen) atoms. The molecule has 1 N–H and O–H groups in total. The van der Waals surface area contributed by atoms with E-state index in [0.717, 1.165) is 12.4 Å². The van der Waals surface area contributed by atoms with Crippen LogP contribution in [0.15, 0.2) is 12.4 Å². The topological polar surface area (TPSA) is 64.1 Å². The van der Waals surface area contributed by atoms with Crippen molar-refractivity contribution in [2.45, 2.75) is 44.8 Å². The molecule has 0 saturated heterocycles. The van der Waals surface area contributed by atoms with Crippen LogP contribution in [0.5, 0.6) is 5.88 Å². The van der Waals surface area contributed by atoms with Gasteiger partial charge in [0.05, 0.1) is 18.2 Å². The zero-order valence-corrected chi connectivity index (χ0v) is 14.0. The lowest BCUT2D eigenvalue weighted by Crippen LogP contribution is -2.51. The van der Waals surface area contributed by atoms with Gasteiger partial charge < -0.3 is 10.1 Å². The van der Waals surface area contributed by atoms with E-state index in [2.05, 4.69) is 20.0 Å². The summed E-state index contributed by atoms with van der Waals surface area (Å²) >= 11 is 0. The second-order valence-electron chi connectivity index (χ2n) is 6.44. The first-order valence-corrected chi connectivity index (χ1v) is 7.70. The van der Waals surface area contributed by atoms with Crippen LogP contribution < -0.4 is 10.1 Å². The number of amides is 1. The lowest BCUT2D eigenvalue weighted by molar-refractivity contribution is -0.218. The molecule has 0 spiro atoms. The number of carbonyl (C=O) groups is 1. The summed E-state index contributed by atoms with van der Waals surface area (Å²) in [6, 6.07) is 1.05. The summed E-state index contributed by atoms with van der Waals surface area (Å²) in [6.45, 7) is 1.21. The van der Waals surface area contributed by atoms with E-state index in [1.807, 2.05) is 0 Å². The Hall–Kier alpha value is -2.51. The first-order chi connectivity index (χ1) is 12.3. The van der Waals surface area contributed by atoms with E-state index in [0.29, 0.717) is 0 Å². The van der Waals surface area contributed by atoms with Gasteiger partial charge in [-0.05, 0) is 12.8 Å². The van der Waals surface area contributed by atoms with Crippen molar-refractivity contribution in [2.24, 2.45) is 11.3 Å². The van der Waals surface area contributed by atoms with Crippen LogP contribution in [0.25, 0.3) is 0 Å². The second-order valence-corrected chi connectivity index (χ2v) is 6.44. The molecule has 1 saturated carbocycles. The highest BCUT2D eigenvalue weighted by Gasteiger charge is 2.56. The summed E-state index contributed by atoms with van der Waals surface area (Å²) in [5.41, 5.74) is -1.04. The van der Waals surface area contributed by atoms with Crippen LogP contribution >= 0.6 is 0 Å². The molecule has 1 aliphatic rings. The largest absolute Gasteiger partial charge is 0.451 e. The molecule has 1 aromatic rings. The number of carbonyl (C=O) groups excluding carboxylic acids is 1. The smallest absolute Gasteiger partial charge is 0.437 e. The molecule has 0 bridgehead atoms. The summed E-state index contributed by atoms with van der Waals surface area (Å²) < 4.78 is 80.1. The molecule has 1 heterocycles. The van der Waals surface area contributed by atoms with E-state index in [1.165, 1.54) is 12.8 Å². The third-order valence-corrected chi connectivity index (χ3v) is 4.22. The summed E-state index contributed by atoms with van der Waals surface area (Å²) in [6.07, 6.45) is -6.58. The molecule has 1 atom stereocenters. The van der Waals surface area contributed by atoms with E-state index in [4.69, 9.17) is 6.42 Å². The summed E-state index contributed by atoms with van der Waals surface area (Å²) in [4.78, 5) is 19.4. The number of hydrogen-bond acceptors (Lipinski definition) is 4. The normalized spacial score (nSPS) is 23.7. The van der Waals surface area contributed by atoms with Gasteiger partial charge in [-0.3, -0.25) is 4.79 Å². The van der Waals surface area contributed by atoms with E-state index >= 15 is 0 Å². The summed E-state index contributed by atoms with van der Waals surface area (Å²) in [7, 11) is 0. The van der Waals surface area contributed by atoms with Crippen molar-refractivity contribution < 1.29 is 35.9 Å². The average Bonchev–Trinajstić information content (AvgIpc) is 2.53. The first-order valence-electron chi connectivity index (χ1n) is 7.70. The van der Waals surface area contributed by atoms with Crippen LogP contribution in [-0.2, 0) is 11.3 Å². The maximum absolute atomic E-state index is 12.6. The van der Waals surface area contributed by atoms with Crippen molar-refractivity contribution in [2.75, 3.05) is 0 Å². The molecule has 0 radical (unpaired) electrons. The molecule has 11 heteroatoms. The highest BCUT2D eigenvalue weighted by atomic mass is 19.4. The molecular formula is C16H15F6N3O2. The molecular weight excluding hydrogens is 380 g/mol. The number of terminal acetylenes is 1. The molecule has 0 unspecified atom stereocenters. The number of ether oxygens (including phenoxy) is 1. The van der Waals surface area contributed by atoms with Gasteiger partial charge in [0.1, 0.15) is 6.33 Å². The van der Waals surface area contributed by atoms with E-state index < -0.39 is 41.6 Å². The van der Waals surface area contributed by atoms with E-state index in [-0.39, 0.29) is 25.1 Å². The molecule has 0 aliphatic heterocycles. The highest BCUT2D eigenvalue weighted by molar-refractivity contribution is 5.83. The van der Waals surface area contributed by atoms with Crippen molar-refractivity contribution in [1.82, 2.24) is 15.3 Å². The standard InChI is InChI=1S/C16H15F6N3O2/c1-3-11(16(20,21)22)27-12-4-10(24-8-25-12)7-23-13(26)14(2)5-9(6-14)15(17,18)19/h1,4,8-9,11H,5-7H2,2H3,(H,23,26)/t9?,11-,14?/m1/s1. The lowest BCUT2D eigenvalue weighted by atomic mass is 9.62. The first kappa shape index (κ1) is 20.8. The Morgan fingerprint density at radius 3 is 2.52 bits per heavy atom. The molecule has 1 aromatic heterocycles. The van der Waals surface area contributed by atoms with Gasteiger partial charge in [0, 0.05) is 11.5 Å². The second kappa shape index (κ2) is 7.25. The predicted molar refractivity (Wildman–Crippen MR) is 80.1 cm³/mol. The van der Waals surface area contributed by atoms with Crippen molar-refractivity contribution in [3.8, 4) is 18.2 Å². The van der Waals surface area contributed by atoms with Crippen LogP contribution in [0.3, 0.4) is 0 Å². The Kier molecular flexibility index (Phi) is 5.58. The van der Waals surface area contributed by atoms with Crippen LogP contribution in [-0.4, -0.2) is 34.3 Å². The lowest BCUT2D eigenvalue weighted by Gasteiger charge is -2.44. The third-order valence-electron chi connectivity index (χ3n) is 4.22. The Bertz CT molecular complexity index is 735. The van der Waals surface area contributed by atoms with Crippen molar-refractivity contribution >= 4 is 5.91 Å². The number of aromatic nitrogens is 2. The number of rotatable bonds is 5. The van der Waals surface area contributed by atoms with Crippen LogP contribution in [0.4, 0.5) is 26.3 Å².